The maximum Gasteiger partial charge on any atom is 0.430 e. The standard InChI is InChI=1S/C7H12N2O2/c1-3-11-7(10)9-5-4-6(2)8-9/h3-5H2,1-2H3. The molecule has 0 atom stereocenters. The Morgan fingerprint density at radius 2 is 2.55 bits per heavy atom. The molecule has 0 aliphatic carbocycles. The molecule has 0 aromatic rings. The number of hydrazone groups is 1. The quantitative estimate of drug-likeness (QED) is 0.573. The smallest absolute Gasteiger partial charge is 0.430 e. The van der Waals surface area contributed by atoms with E-state index in [4.69, 9.17) is 4.74 Å². The van der Waals surface area contributed by atoms with Crippen molar-refractivity contribution < 1.29 is 9.53 Å². The van der Waals surface area contributed by atoms with E-state index in [9.17, 15) is 4.79 Å². The molecule has 0 N–H and O–H groups in total. The zero-order valence-corrected chi connectivity index (χ0v) is 6.83. The van der Waals surface area contributed by atoms with Crippen molar-refractivity contribution in [3.8, 4) is 0 Å². The molecule has 0 bridgehead atoms. The van der Waals surface area contributed by atoms with Crippen molar-refractivity contribution in [3.63, 3.8) is 0 Å². The highest BCUT2D eigenvalue weighted by Gasteiger charge is 2.18. The van der Waals surface area contributed by atoms with Gasteiger partial charge in [0.15, 0.2) is 0 Å². The second kappa shape index (κ2) is 3.37. The van der Waals surface area contributed by atoms with Crippen LogP contribution in [0.4, 0.5) is 4.79 Å². The highest BCUT2D eigenvalue weighted by molar-refractivity contribution is 5.85. The Bertz CT molecular complexity index is 189. The molecule has 1 rings (SSSR count). The fraction of sp³-hybridized carbons (Fsp3) is 0.714. The number of ether oxygens (including phenoxy) is 1. The van der Waals surface area contributed by atoms with Crippen molar-refractivity contribution in [2.24, 2.45) is 5.10 Å². The number of nitrogens with zero attached hydrogens (tertiary/aromatic N) is 2. The third-order valence-corrected chi connectivity index (χ3v) is 1.46. The summed E-state index contributed by atoms with van der Waals surface area (Å²) in [7, 11) is 0. The Morgan fingerprint density at radius 1 is 1.82 bits per heavy atom. The van der Waals surface area contributed by atoms with Crippen molar-refractivity contribution in [2.75, 3.05) is 13.2 Å². The molecular formula is C7H12N2O2. The van der Waals surface area contributed by atoms with Gasteiger partial charge in [-0.2, -0.15) is 10.1 Å². The molecule has 0 fully saturated rings. The van der Waals surface area contributed by atoms with Crippen molar-refractivity contribution in [1.29, 1.82) is 0 Å². The molecule has 0 saturated carbocycles. The zero-order valence-electron chi connectivity index (χ0n) is 6.83. The van der Waals surface area contributed by atoms with E-state index in [2.05, 4.69) is 5.10 Å². The van der Waals surface area contributed by atoms with Crippen LogP contribution in [0.25, 0.3) is 0 Å². The maximum absolute atomic E-state index is 11.0. The van der Waals surface area contributed by atoms with Crippen LogP contribution in [-0.2, 0) is 4.74 Å². The van der Waals surface area contributed by atoms with Crippen LogP contribution in [0, 0.1) is 0 Å². The molecule has 1 amide bonds. The molecule has 62 valence electrons. The molecule has 11 heavy (non-hydrogen) atoms. The minimum atomic E-state index is -0.343. The highest BCUT2D eigenvalue weighted by Crippen LogP contribution is 2.06. The minimum absolute atomic E-state index is 0.343. The lowest BCUT2D eigenvalue weighted by molar-refractivity contribution is 0.112. The van der Waals surface area contributed by atoms with E-state index >= 15 is 0 Å². The van der Waals surface area contributed by atoms with E-state index in [1.165, 1.54) is 5.01 Å². The first-order valence-electron chi connectivity index (χ1n) is 3.72. The average molecular weight is 156 g/mol. The first kappa shape index (κ1) is 8.04. The number of carbonyl (C=O) groups is 1. The van der Waals surface area contributed by atoms with Gasteiger partial charge < -0.3 is 4.74 Å². The number of hydrogen-bond donors (Lipinski definition) is 0. The molecule has 1 aliphatic rings. The topological polar surface area (TPSA) is 41.9 Å². The van der Waals surface area contributed by atoms with E-state index in [1.807, 2.05) is 6.92 Å². The number of hydrogen-bond acceptors (Lipinski definition) is 3. The normalized spacial score (nSPS) is 16.5. The van der Waals surface area contributed by atoms with E-state index in [-0.39, 0.29) is 6.09 Å². The van der Waals surface area contributed by atoms with E-state index < -0.39 is 0 Å². The highest BCUT2D eigenvalue weighted by atomic mass is 16.6. The van der Waals surface area contributed by atoms with Crippen LogP contribution in [0.2, 0.25) is 0 Å². The summed E-state index contributed by atoms with van der Waals surface area (Å²) in [6.45, 7) is 4.75. The molecule has 1 aliphatic heterocycles. The molecule has 1 heterocycles. The molecule has 0 spiro atoms. The van der Waals surface area contributed by atoms with Crippen molar-refractivity contribution in [3.05, 3.63) is 0 Å². The van der Waals surface area contributed by atoms with E-state index in [1.54, 1.807) is 6.92 Å². The van der Waals surface area contributed by atoms with Gasteiger partial charge in [0.2, 0.25) is 0 Å². The van der Waals surface area contributed by atoms with Crippen LogP contribution in [0.1, 0.15) is 20.3 Å². The first-order chi connectivity index (χ1) is 5.24. The predicted octanol–water partition coefficient (Wildman–Crippen LogP) is 1.22. The Hall–Kier alpha value is -1.06. The Kier molecular flexibility index (Phi) is 2.46. The average Bonchev–Trinajstić information content (AvgIpc) is 2.36. The Balaban J connectivity index is 2.43. The number of amides is 1. The summed E-state index contributed by atoms with van der Waals surface area (Å²) in [5, 5.41) is 5.34. The van der Waals surface area contributed by atoms with Crippen LogP contribution < -0.4 is 0 Å². The number of carbonyl (C=O) groups excluding carboxylic acids is 1. The van der Waals surface area contributed by atoms with Crippen LogP contribution in [0.15, 0.2) is 5.10 Å². The summed E-state index contributed by atoms with van der Waals surface area (Å²) in [6.07, 6.45) is 0.517. The Morgan fingerprint density at radius 3 is 3.00 bits per heavy atom. The van der Waals surface area contributed by atoms with Gasteiger partial charge in [-0.25, -0.2) is 4.79 Å². The van der Waals surface area contributed by atoms with Gasteiger partial charge >= 0.3 is 6.09 Å². The summed E-state index contributed by atoms with van der Waals surface area (Å²) >= 11 is 0. The van der Waals surface area contributed by atoms with Crippen molar-refractivity contribution in [1.82, 2.24) is 5.01 Å². The number of rotatable bonds is 1. The molecule has 4 nitrogen and oxygen atoms in total. The molecule has 0 aromatic heterocycles. The molecule has 0 unspecified atom stereocenters. The third kappa shape index (κ3) is 1.93. The van der Waals surface area contributed by atoms with E-state index in [0.717, 1.165) is 12.1 Å². The molecule has 0 radical (unpaired) electrons. The van der Waals surface area contributed by atoms with Crippen LogP contribution >= 0.6 is 0 Å². The zero-order chi connectivity index (χ0) is 8.27. The second-order valence-electron chi connectivity index (χ2n) is 2.41. The summed E-state index contributed by atoms with van der Waals surface area (Å²) in [5.74, 6) is 0. The fourth-order valence-electron chi connectivity index (χ4n) is 0.904. The lowest BCUT2D eigenvalue weighted by atomic mass is 10.3. The van der Waals surface area contributed by atoms with Gasteiger partial charge in [0.1, 0.15) is 0 Å². The maximum atomic E-state index is 11.0. The first-order valence-corrected chi connectivity index (χ1v) is 3.72. The van der Waals surface area contributed by atoms with Gasteiger partial charge in [0.05, 0.1) is 13.2 Å². The largest absolute Gasteiger partial charge is 0.448 e. The Labute approximate surface area is 65.8 Å². The molecular weight excluding hydrogens is 144 g/mol. The van der Waals surface area contributed by atoms with Crippen molar-refractivity contribution >= 4 is 11.8 Å². The predicted molar refractivity (Wildman–Crippen MR) is 41.5 cm³/mol. The molecule has 4 heteroatoms. The van der Waals surface area contributed by atoms with Gasteiger partial charge in [-0.3, -0.25) is 0 Å². The summed E-state index contributed by atoms with van der Waals surface area (Å²) < 4.78 is 4.75. The summed E-state index contributed by atoms with van der Waals surface area (Å²) in [4.78, 5) is 11.0. The monoisotopic (exact) mass is 156 g/mol. The van der Waals surface area contributed by atoms with Gasteiger partial charge in [-0.1, -0.05) is 0 Å². The van der Waals surface area contributed by atoms with Crippen LogP contribution in [0.5, 0.6) is 0 Å². The summed E-state index contributed by atoms with van der Waals surface area (Å²) in [6, 6.07) is 0. The lowest BCUT2D eigenvalue weighted by Crippen LogP contribution is -2.24. The van der Waals surface area contributed by atoms with Crippen molar-refractivity contribution in [2.45, 2.75) is 20.3 Å². The minimum Gasteiger partial charge on any atom is -0.448 e. The van der Waals surface area contributed by atoms with E-state index in [0.29, 0.717) is 13.2 Å². The van der Waals surface area contributed by atoms with Gasteiger partial charge in [-0.05, 0) is 13.8 Å². The van der Waals surface area contributed by atoms with Gasteiger partial charge in [-0.15, -0.1) is 0 Å². The molecule has 0 saturated heterocycles. The van der Waals surface area contributed by atoms with Gasteiger partial charge in [0.25, 0.3) is 0 Å². The molecule has 0 aromatic carbocycles. The van der Waals surface area contributed by atoms with Gasteiger partial charge in [0, 0.05) is 12.1 Å². The third-order valence-electron chi connectivity index (χ3n) is 1.46. The summed E-state index contributed by atoms with van der Waals surface area (Å²) in [5.41, 5.74) is 0.984. The SMILES string of the molecule is CCOC(=O)N1CCC(C)=N1. The second-order valence-corrected chi connectivity index (χ2v) is 2.41. The lowest BCUT2D eigenvalue weighted by Gasteiger charge is -2.09. The fourth-order valence-corrected chi connectivity index (χ4v) is 0.904. The van der Waals surface area contributed by atoms with Crippen LogP contribution in [0.3, 0.4) is 0 Å². The van der Waals surface area contributed by atoms with Crippen LogP contribution in [-0.4, -0.2) is 30.0 Å².